The normalized spacial score (nSPS) is 12.2. The zero-order valence-electron chi connectivity index (χ0n) is 15.9. The molecular formula is C20H20FN7O2. The summed E-state index contributed by atoms with van der Waals surface area (Å²) in [5.41, 5.74) is 2.30. The second kappa shape index (κ2) is 8.91. The summed E-state index contributed by atoms with van der Waals surface area (Å²) in [7, 11) is 0. The predicted octanol–water partition coefficient (Wildman–Crippen LogP) is 1.51. The monoisotopic (exact) mass is 409 g/mol. The molecule has 0 aliphatic carbocycles. The lowest BCUT2D eigenvalue weighted by Crippen LogP contribution is -2.28. The van der Waals surface area contributed by atoms with E-state index in [1.54, 1.807) is 29.0 Å². The third kappa shape index (κ3) is 4.25. The molecule has 4 N–H and O–H groups in total. The standard InChI is InChI=1S/C20H20FN7O2/c21-15-11-22-7-4-16(15)25-20-18-13(9-23-10-14(30)12-29)5-8-28(18)27-19(26-20)17-3-1-2-6-24-17/h1-8,11,14,23,29-30H,9-10,12H2,(H,22,25,26,27)/t14-/m0/s1. The molecule has 154 valence electrons. The van der Waals surface area contributed by atoms with Gasteiger partial charge in [0.15, 0.2) is 11.6 Å². The Morgan fingerprint density at radius 2 is 2.07 bits per heavy atom. The van der Waals surface area contributed by atoms with Gasteiger partial charge in [-0.3, -0.25) is 9.97 Å². The summed E-state index contributed by atoms with van der Waals surface area (Å²) < 4.78 is 15.9. The van der Waals surface area contributed by atoms with Gasteiger partial charge in [0.1, 0.15) is 11.2 Å². The first kappa shape index (κ1) is 19.8. The number of fused-ring (bicyclic) bond motifs is 1. The number of nitrogens with one attached hydrogen (secondary N) is 2. The van der Waals surface area contributed by atoms with Crippen molar-refractivity contribution in [2.75, 3.05) is 18.5 Å². The van der Waals surface area contributed by atoms with Gasteiger partial charge in [-0.25, -0.2) is 13.9 Å². The van der Waals surface area contributed by atoms with Crippen molar-refractivity contribution in [2.45, 2.75) is 12.6 Å². The molecule has 0 aromatic carbocycles. The van der Waals surface area contributed by atoms with Crippen LogP contribution in [0.4, 0.5) is 15.9 Å². The van der Waals surface area contributed by atoms with Gasteiger partial charge in [-0.15, -0.1) is 5.10 Å². The van der Waals surface area contributed by atoms with E-state index in [2.05, 4.69) is 30.7 Å². The highest BCUT2D eigenvalue weighted by Gasteiger charge is 2.16. The smallest absolute Gasteiger partial charge is 0.200 e. The highest BCUT2D eigenvalue weighted by atomic mass is 19.1. The van der Waals surface area contributed by atoms with Crippen molar-refractivity contribution in [3.63, 3.8) is 0 Å². The second-order valence-corrected chi connectivity index (χ2v) is 6.58. The van der Waals surface area contributed by atoms with Crippen molar-refractivity contribution in [3.05, 3.63) is 66.5 Å². The fraction of sp³-hybridized carbons (Fsp3) is 0.200. The van der Waals surface area contributed by atoms with Crippen LogP contribution in [0.5, 0.6) is 0 Å². The third-order valence-electron chi connectivity index (χ3n) is 4.42. The molecule has 30 heavy (non-hydrogen) atoms. The molecule has 0 aliphatic heterocycles. The van der Waals surface area contributed by atoms with Crippen molar-refractivity contribution in [3.8, 4) is 11.5 Å². The van der Waals surface area contributed by atoms with Gasteiger partial charge < -0.3 is 20.8 Å². The molecule has 0 saturated carbocycles. The van der Waals surface area contributed by atoms with Gasteiger partial charge in [0.2, 0.25) is 5.82 Å². The van der Waals surface area contributed by atoms with Crippen LogP contribution in [-0.4, -0.2) is 54.0 Å². The SMILES string of the molecule is OC[C@@H](O)CNCc1ccn2nc(-c3ccccn3)nc(Nc3ccncc3F)c12. The van der Waals surface area contributed by atoms with Gasteiger partial charge in [-0.05, 0) is 29.8 Å². The minimum absolute atomic E-state index is 0.225. The summed E-state index contributed by atoms with van der Waals surface area (Å²) in [5, 5.41) is 29.1. The summed E-state index contributed by atoms with van der Waals surface area (Å²) in [6.45, 7) is 0.296. The van der Waals surface area contributed by atoms with Gasteiger partial charge in [-0.1, -0.05) is 6.07 Å². The van der Waals surface area contributed by atoms with Crippen LogP contribution in [0.3, 0.4) is 0 Å². The summed E-state index contributed by atoms with van der Waals surface area (Å²) in [5.74, 6) is 0.275. The number of pyridine rings is 2. The molecular weight excluding hydrogens is 389 g/mol. The first-order valence-corrected chi connectivity index (χ1v) is 9.31. The number of aliphatic hydroxyl groups excluding tert-OH is 2. The molecule has 0 spiro atoms. The molecule has 4 aromatic rings. The maximum atomic E-state index is 14.2. The van der Waals surface area contributed by atoms with E-state index in [9.17, 15) is 9.50 Å². The highest BCUT2D eigenvalue weighted by molar-refractivity contribution is 5.78. The third-order valence-corrected chi connectivity index (χ3v) is 4.42. The molecule has 10 heteroatoms. The number of nitrogens with zero attached hydrogens (tertiary/aromatic N) is 5. The predicted molar refractivity (Wildman–Crippen MR) is 108 cm³/mol. The zero-order chi connectivity index (χ0) is 20.9. The highest BCUT2D eigenvalue weighted by Crippen LogP contribution is 2.26. The van der Waals surface area contributed by atoms with Crippen LogP contribution in [0.2, 0.25) is 0 Å². The van der Waals surface area contributed by atoms with Crippen molar-refractivity contribution in [1.82, 2.24) is 29.9 Å². The summed E-state index contributed by atoms with van der Waals surface area (Å²) in [6, 6.07) is 8.81. The van der Waals surface area contributed by atoms with E-state index in [0.717, 1.165) is 11.8 Å². The molecule has 4 rings (SSSR count). The summed E-state index contributed by atoms with van der Waals surface area (Å²) in [4.78, 5) is 12.7. The molecule has 9 nitrogen and oxygen atoms in total. The molecule has 0 aliphatic rings. The Labute approximate surface area is 171 Å². The van der Waals surface area contributed by atoms with E-state index in [4.69, 9.17) is 5.11 Å². The average molecular weight is 409 g/mol. The Morgan fingerprint density at radius 3 is 2.83 bits per heavy atom. The van der Waals surface area contributed by atoms with Crippen LogP contribution in [-0.2, 0) is 6.54 Å². The van der Waals surface area contributed by atoms with Crippen molar-refractivity contribution in [1.29, 1.82) is 0 Å². The number of anilines is 2. The van der Waals surface area contributed by atoms with Crippen molar-refractivity contribution in [2.24, 2.45) is 0 Å². The number of aliphatic hydroxyl groups is 2. The van der Waals surface area contributed by atoms with Gasteiger partial charge in [-0.2, -0.15) is 0 Å². The quantitative estimate of drug-likeness (QED) is 0.346. The molecule has 4 aromatic heterocycles. The van der Waals surface area contributed by atoms with Crippen molar-refractivity contribution < 1.29 is 14.6 Å². The summed E-state index contributed by atoms with van der Waals surface area (Å²) in [6.07, 6.45) is 5.18. The van der Waals surface area contributed by atoms with Gasteiger partial charge in [0.05, 0.1) is 24.6 Å². The van der Waals surface area contributed by atoms with E-state index in [1.165, 1.54) is 12.3 Å². The average Bonchev–Trinajstić information content (AvgIpc) is 3.19. The van der Waals surface area contributed by atoms with Gasteiger partial charge in [0, 0.05) is 31.7 Å². The van der Waals surface area contributed by atoms with E-state index in [-0.39, 0.29) is 18.8 Å². The number of halogens is 1. The number of hydrogen-bond acceptors (Lipinski definition) is 8. The molecule has 0 amide bonds. The van der Waals surface area contributed by atoms with Crippen LogP contribution in [0.15, 0.2) is 55.1 Å². The number of hydrogen-bond donors (Lipinski definition) is 4. The Bertz CT molecular complexity index is 1140. The molecule has 0 fully saturated rings. The molecule has 0 unspecified atom stereocenters. The number of rotatable bonds is 8. The lowest BCUT2D eigenvalue weighted by molar-refractivity contribution is 0.0942. The lowest BCUT2D eigenvalue weighted by atomic mass is 10.2. The Kier molecular flexibility index (Phi) is 5.89. The maximum absolute atomic E-state index is 14.2. The molecule has 0 saturated heterocycles. The van der Waals surface area contributed by atoms with Crippen LogP contribution in [0, 0.1) is 5.82 Å². The van der Waals surface area contributed by atoms with Crippen LogP contribution in [0.1, 0.15) is 5.56 Å². The lowest BCUT2D eigenvalue weighted by Gasteiger charge is -2.12. The van der Waals surface area contributed by atoms with Crippen LogP contribution < -0.4 is 10.6 Å². The maximum Gasteiger partial charge on any atom is 0.200 e. The molecule has 4 heterocycles. The molecule has 0 bridgehead atoms. The topological polar surface area (TPSA) is 120 Å². The van der Waals surface area contributed by atoms with Crippen LogP contribution >= 0.6 is 0 Å². The first-order chi connectivity index (χ1) is 14.7. The van der Waals surface area contributed by atoms with E-state index in [0.29, 0.717) is 29.4 Å². The fourth-order valence-electron chi connectivity index (χ4n) is 2.96. The first-order valence-electron chi connectivity index (χ1n) is 9.31. The number of aromatic nitrogens is 5. The fourth-order valence-corrected chi connectivity index (χ4v) is 2.96. The van der Waals surface area contributed by atoms with E-state index < -0.39 is 11.9 Å². The molecule has 0 radical (unpaired) electrons. The Morgan fingerprint density at radius 1 is 1.17 bits per heavy atom. The molecule has 1 atom stereocenters. The van der Waals surface area contributed by atoms with Gasteiger partial charge >= 0.3 is 0 Å². The van der Waals surface area contributed by atoms with E-state index >= 15 is 0 Å². The van der Waals surface area contributed by atoms with Crippen LogP contribution in [0.25, 0.3) is 17.0 Å². The Balaban J connectivity index is 1.75. The largest absolute Gasteiger partial charge is 0.394 e. The minimum atomic E-state index is -0.852. The van der Waals surface area contributed by atoms with Gasteiger partial charge in [0.25, 0.3) is 0 Å². The van der Waals surface area contributed by atoms with E-state index in [1.807, 2.05) is 12.1 Å². The zero-order valence-corrected chi connectivity index (χ0v) is 15.9. The Hall–Kier alpha value is -3.47. The minimum Gasteiger partial charge on any atom is -0.394 e. The van der Waals surface area contributed by atoms with Crippen molar-refractivity contribution >= 4 is 17.0 Å². The second-order valence-electron chi connectivity index (χ2n) is 6.58. The summed E-state index contributed by atoms with van der Waals surface area (Å²) >= 11 is 0.